The first kappa shape index (κ1) is 18.7. The molecule has 0 fully saturated rings. The zero-order chi connectivity index (χ0) is 17.7. The molecule has 0 radical (unpaired) electrons. The molecule has 0 aliphatic rings. The topological polar surface area (TPSA) is 49.8 Å². The number of benzene rings is 1. The Balaban J connectivity index is 2.22. The predicted octanol–water partition coefficient (Wildman–Crippen LogP) is 4.92. The molecular formula is C19H27ClN4. The first-order valence-electron chi connectivity index (χ1n) is 8.35. The SMILES string of the molecule is CC(C)CNCc1cnc(Nc2cccc(Cl)c2)nc1C(C)(C)C. The second-order valence-electron chi connectivity index (χ2n) is 7.48. The van der Waals surface area contributed by atoms with Crippen molar-refractivity contribution in [1.82, 2.24) is 15.3 Å². The molecule has 4 nitrogen and oxygen atoms in total. The number of nitrogens with zero attached hydrogens (tertiary/aromatic N) is 2. The fraction of sp³-hybridized carbons (Fsp3) is 0.474. The van der Waals surface area contributed by atoms with Crippen molar-refractivity contribution < 1.29 is 0 Å². The van der Waals surface area contributed by atoms with Crippen molar-refractivity contribution in [2.24, 2.45) is 5.92 Å². The summed E-state index contributed by atoms with van der Waals surface area (Å²) in [6.45, 7) is 12.7. The molecule has 2 N–H and O–H groups in total. The lowest BCUT2D eigenvalue weighted by atomic mass is 9.89. The first-order valence-corrected chi connectivity index (χ1v) is 8.73. The molecule has 1 aromatic heterocycles. The Morgan fingerprint density at radius 1 is 1.21 bits per heavy atom. The van der Waals surface area contributed by atoms with Crippen LogP contribution in [-0.2, 0) is 12.0 Å². The maximum atomic E-state index is 6.03. The van der Waals surface area contributed by atoms with Crippen LogP contribution in [0.5, 0.6) is 0 Å². The lowest BCUT2D eigenvalue weighted by Gasteiger charge is -2.22. The minimum Gasteiger partial charge on any atom is -0.324 e. The van der Waals surface area contributed by atoms with E-state index in [-0.39, 0.29) is 5.41 Å². The molecule has 0 aliphatic heterocycles. The number of nitrogens with one attached hydrogen (secondary N) is 2. The van der Waals surface area contributed by atoms with Crippen LogP contribution in [0.15, 0.2) is 30.5 Å². The maximum Gasteiger partial charge on any atom is 0.227 e. The van der Waals surface area contributed by atoms with E-state index in [9.17, 15) is 0 Å². The largest absolute Gasteiger partial charge is 0.324 e. The molecular weight excluding hydrogens is 320 g/mol. The number of hydrogen-bond acceptors (Lipinski definition) is 4. The van der Waals surface area contributed by atoms with Gasteiger partial charge in [0.2, 0.25) is 5.95 Å². The van der Waals surface area contributed by atoms with Gasteiger partial charge in [0.15, 0.2) is 0 Å². The summed E-state index contributed by atoms with van der Waals surface area (Å²) in [5, 5.41) is 7.39. The van der Waals surface area contributed by atoms with Gasteiger partial charge in [-0.05, 0) is 30.7 Å². The molecule has 130 valence electrons. The van der Waals surface area contributed by atoms with Gasteiger partial charge >= 0.3 is 0 Å². The Hall–Kier alpha value is -1.65. The lowest BCUT2D eigenvalue weighted by molar-refractivity contribution is 0.527. The number of anilines is 2. The van der Waals surface area contributed by atoms with E-state index in [0.29, 0.717) is 16.9 Å². The van der Waals surface area contributed by atoms with E-state index in [1.54, 1.807) is 0 Å². The van der Waals surface area contributed by atoms with Crippen LogP contribution in [0.3, 0.4) is 0 Å². The van der Waals surface area contributed by atoms with Gasteiger partial charge < -0.3 is 10.6 Å². The van der Waals surface area contributed by atoms with Gasteiger partial charge in [-0.2, -0.15) is 0 Å². The van der Waals surface area contributed by atoms with Crippen molar-refractivity contribution in [1.29, 1.82) is 0 Å². The molecule has 0 aliphatic carbocycles. The van der Waals surface area contributed by atoms with Crippen LogP contribution in [0.1, 0.15) is 45.9 Å². The zero-order valence-corrected chi connectivity index (χ0v) is 15.9. The van der Waals surface area contributed by atoms with Gasteiger partial charge in [-0.1, -0.05) is 52.3 Å². The van der Waals surface area contributed by atoms with E-state index in [0.717, 1.165) is 30.0 Å². The Bertz CT molecular complexity index is 677. The molecule has 0 saturated heterocycles. The monoisotopic (exact) mass is 346 g/mol. The third-order valence-corrected chi connectivity index (χ3v) is 3.76. The molecule has 2 aromatic rings. The molecule has 1 aromatic carbocycles. The van der Waals surface area contributed by atoms with Gasteiger partial charge in [0, 0.05) is 34.4 Å². The molecule has 0 bridgehead atoms. The van der Waals surface area contributed by atoms with Gasteiger partial charge in [0.25, 0.3) is 0 Å². The van der Waals surface area contributed by atoms with Crippen LogP contribution in [-0.4, -0.2) is 16.5 Å². The van der Waals surface area contributed by atoms with Gasteiger partial charge in [-0.15, -0.1) is 0 Å². The summed E-state index contributed by atoms with van der Waals surface area (Å²) >= 11 is 6.03. The summed E-state index contributed by atoms with van der Waals surface area (Å²) in [5.41, 5.74) is 3.02. The molecule has 0 saturated carbocycles. The summed E-state index contributed by atoms with van der Waals surface area (Å²) in [6.07, 6.45) is 1.91. The third kappa shape index (κ3) is 5.46. The van der Waals surface area contributed by atoms with Crippen molar-refractivity contribution in [3.05, 3.63) is 46.7 Å². The van der Waals surface area contributed by atoms with E-state index in [1.165, 1.54) is 0 Å². The van der Waals surface area contributed by atoms with E-state index in [2.05, 4.69) is 50.2 Å². The third-order valence-electron chi connectivity index (χ3n) is 3.52. The van der Waals surface area contributed by atoms with Crippen LogP contribution < -0.4 is 10.6 Å². The van der Waals surface area contributed by atoms with Gasteiger partial charge in [0.05, 0.1) is 5.69 Å². The highest BCUT2D eigenvalue weighted by Crippen LogP contribution is 2.26. The quantitative estimate of drug-likeness (QED) is 0.779. The fourth-order valence-corrected chi connectivity index (χ4v) is 2.63. The van der Waals surface area contributed by atoms with E-state index < -0.39 is 0 Å². The standard InChI is InChI=1S/C19H27ClN4/c1-13(2)10-21-11-14-12-22-18(24-17(14)19(3,4)5)23-16-8-6-7-15(20)9-16/h6-9,12-13,21H,10-11H2,1-5H3,(H,22,23,24). The van der Waals surface area contributed by atoms with E-state index in [4.69, 9.17) is 16.6 Å². The summed E-state index contributed by atoms with van der Waals surface area (Å²) in [7, 11) is 0. The number of rotatable bonds is 6. The normalized spacial score (nSPS) is 11.8. The van der Waals surface area contributed by atoms with E-state index >= 15 is 0 Å². The molecule has 24 heavy (non-hydrogen) atoms. The molecule has 0 spiro atoms. The highest BCUT2D eigenvalue weighted by Gasteiger charge is 2.21. The Labute approximate surface area is 150 Å². The van der Waals surface area contributed by atoms with Gasteiger partial charge in [0.1, 0.15) is 0 Å². The number of hydrogen-bond donors (Lipinski definition) is 2. The Morgan fingerprint density at radius 3 is 2.58 bits per heavy atom. The van der Waals surface area contributed by atoms with Crippen LogP contribution in [0, 0.1) is 5.92 Å². The van der Waals surface area contributed by atoms with Crippen LogP contribution in [0.25, 0.3) is 0 Å². The highest BCUT2D eigenvalue weighted by molar-refractivity contribution is 6.30. The molecule has 0 atom stereocenters. The Kier molecular flexibility index (Phi) is 6.19. The second-order valence-corrected chi connectivity index (χ2v) is 7.91. The Morgan fingerprint density at radius 2 is 1.96 bits per heavy atom. The minimum absolute atomic E-state index is 0.0530. The van der Waals surface area contributed by atoms with Gasteiger partial charge in [-0.3, -0.25) is 0 Å². The van der Waals surface area contributed by atoms with Crippen LogP contribution in [0.2, 0.25) is 5.02 Å². The van der Waals surface area contributed by atoms with Crippen molar-refractivity contribution >= 4 is 23.2 Å². The summed E-state index contributed by atoms with van der Waals surface area (Å²) in [5.74, 6) is 1.21. The van der Waals surface area contributed by atoms with Gasteiger partial charge in [-0.25, -0.2) is 9.97 Å². The number of halogens is 1. The molecule has 5 heteroatoms. The molecule has 0 unspecified atom stereocenters. The van der Waals surface area contributed by atoms with Crippen molar-refractivity contribution in [2.75, 3.05) is 11.9 Å². The zero-order valence-electron chi connectivity index (χ0n) is 15.2. The minimum atomic E-state index is -0.0530. The number of aromatic nitrogens is 2. The van der Waals surface area contributed by atoms with E-state index in [1.807, 2.05) is 30.5 Å². The maximum absolute atomic E-state index is 6.03. The van der Waals surface area contributed by atoms with Crippen molar-refractivity contribution in [3.63, 3.8) is 0 Å². The predicted molar refractivity (Wildman–Crippen MR) is 102 cm³/mol. The average molecular weight is 347 g/mol. The fourth-order valence-electron chi connectivity index (χ4n) is 2.44. The van der Waals surface area contributed by atoms with Crippen molar-refractivity contribution in [3.8, 4) is 0 Å². The van der Waals surface area contributed by atoms with Crippen LogP contribution in [0.4, 0.5) is 11.6 Å². The highest BCUT2D eigenvalue weighted by atomic mass is 35.5. The second kappa shape index (κ2) is 7.95. The smallest absolute Gasteiger partial charge is 0.227 e. The summed E-state index contributed by atoms with van der Waals surface area (Å²) in [6, 6.07) is 7.56. The molecule has 1 heterocycles. The molecule has 2 rings (SSSR count). The summed E-state index contributed by atoms with van der Waals surface area (Å²) < 4.78 is 0. The summed E-state index contributed by atoms with van der Waals surface area (Å²) in [4.78, 5) is 9.23. The van der Waals surface area contributed by atoms with Crippen molar-refractivity contribution in [2.45, 2.75) is 46.6 Å². The molecule has 0 amide bonds. The first-order chi connectivity index (χ1) is 11.3. The van der Waals surface area contributed by atoms with Crippen LogP contribution >= 0.6 is 11.6 Å². The lowest BCUT2D eigenvalue weighted by Crippen LogP contribution is -2.24. The average Bonchev–Trinajstić information content (AvgIpc) is 2.47.